The van der Waals surface area contributed by atoms with Crippen molar-refractivity contribution in [2.45, 2.75) is 62.1 Å². The van der Waals surface area contributed by atoms with Gasteiger partial charge in [0.2, 0.25) is 5.91 Å². The van der Waals surface area contributed by atoms with Gasteiger partial charge in [0.1, 0.15) is 24.4 Å². The zero-order valence-corrected chi connectivity index (χ0v) is 19.1. The molecule has 4 aliphatic rings. The number of hydrogen-bond donors (Lipinski definition) is 6. The number of carbonyl (C=O) groups is 1. The molecule has 0 aromatic heterocycles. The Bertz CT molecular complexity index is 1040. The Morgan fingerprint density at radius 2 is 1.89 bits per heavy atom. The molecule has 0 spiro atoms. The highest BCUT2D eigenvalue weighted by atomic mass is 16.7. The van der Waals surface area contributed by atoms with Gasteiger partial charge in [0.15, 0.2) is 17.8 Å². The van der Waals surface area contributed by atoms with E-state index in [2.05, 4.69) is 6.58 Å². The van der Waals surface area contributed by atoms with Crippen LogP contribution in [0.15, 0.2) is 36.4 Å². The van der Waals surface area contributed by atoms with Crippen LogP contribution in [0.25, 0.3) is 0 Å². The Hall–Kier alpha value is -2.47. The first-order valence-corrected chi connectivity index (χ1v) is 11.9. The van der Waals surface area contributed by atoms with Crippen molar-refractivity contribution in [1.29, 1.82) is 0 Å². The summed E-state index contributed by atoms with van der Waals surface area (Å²) in [6, 6.07) is 2.79. The maximum absolute atomic E-state index is 13.4. The van der Waals surface area contributed by atoms with Crippen LogP contribution >= 0.6 is 0 Å². The highest BCUT2D eigenvalue weighted by Gasteiger charge is 2.49. The fraction of sp³-hybridized carbons (Fsp3) is 0.560. The Balaban J connectivity index is 1.41. The first-order chi connectivity index (χ1) is 16.7. The Labute approximate surface area is 202 Å². The fourth-order valence-corrected chi connectivity index (χ4v) is 5.99. The molecule has 3 aliphatic heterocycles. The molecule has 0 bridgehead atoms. The van der Waals surface area contributed by atoms with Gasteiger partial charge in [-0.05, 0) is 42.5 Å². The molecule has 5 rings (SSSR count). The zero-order valence-electron chi connectivity index (χ0n) is 19.1. The number of nitrogens with zero attached hydrogens (tertiary/aromatic N) is 1. The summed E-state index contributed by atoms with van der Waals surface area (Å²) in [7, 11) is 0. The van der Waals surface area contributed by atoms with E-state index in [1.54, 1.807) is 17.0 Å². The Morgan fingerprint density at radius 1 is 1.14 bits per heavy atom. The van der Waals surface area contributed by atoms with Crippen LogP contribution in [0, 0.1) is 11.8 Å². The van der Waals surface area contributed by atoms with Crippen LogP contribution in [-0.2, 0) is 20.7 Å². The van der Waals surface area contributed by atoms with Crippen molar-refractivity contribution in [2.24, 2.45) is 11.8 Å². The normalized spacial score (nSPS) is 38.7. The number of benzene rings is 1. The van der Waals surface area contributed by atoms with Crippen molar-refractivity contribution in [3.63, 3.8) is 0 Å². The predicted molar refractivity (Wildman–Crippen MR) is 121 cm³/mol. The number of piperidine rings is 1. The van der Waals surface area contributed by atoms with E-state index in [-0.39, 0.29) is 35.3 Å². The standard InChI is InChI=1S/C25H31NO9/c1-2-12-15-8-16-14-9-18(29)17(28)7-11(14)5-6-26(16)24(33)13(15)3-4-19(12)34-25-23(32)22(31)21(30)20(10-27)35-25/h2-3,7,9,12,15-16,19-23,25,27-32H,1,4-6,8,10H2. The van der Waals surface area contributed by atoms with Crippen LogP contribution in [0.5, 0.6) is 11.5 Å². The molecule has 1 aromatic rings. The van der Waals surface area contributed by atoms with E-state index in [0.717, 1.165) is 11.1 Å². The summed E-state index contributed by atoms with van der Waals surface area (Å²) in [5.74, 6) is -1.05. The highest BCUT2D eigenvalue weighted by molar-refractivity contribution is 5.95. The molecule has 35 heavy (non-hydrogen) atoms. The number of rotatable bonds is 4. The molecule has 1 aromatic carbocycles. The molecule has 2 saturated heterocycles. The van der Waals surface area contributed by atoms with Gasteiger partial charge in [0.25, 0.3) is 0 Å². The number of hydrogen-bond acceptors (Lipinski definition) is 9. The molecule has 3 heterocycles. The Morgan fingerprint density at radius 3 is 2.60 bits per heavy atom. The second kappa shape index (κ2) is 9.20. The van der Waals surface area contributed by atoms with E-state index in [4.69, 9.17) is 9.47 Å². The number of phenols is 2. The first-order valence-electron chi connectivity index (χ1n) is 11.9. The van der Waals surface area contributed by atoms with Gasteiger partial charge >= 0.3 is 0 Å². The van der Waals surface area contributed by atoms with E-state index in [9.17, 15) is 35.4 Å². The van der Waals surface area contributed by atoms with E-state index < -0.39 is 43.4 Å². The molecule has 1 amide bonds. The molecular formula is C25H31NO9. The number of phenolic OH excluding ortho intramolecular Hbond substituents is 2. The van der Waals surface area contributed by atoms with Crippen molar-refractivity contribution in [3.05, 3.63) is 47.6 Å². The molecule has 190 valence electrons. The van der Waals surface area contributed by atoms with Gasteiger partial charge in [-0.2, -0.15) is 0 Å². The topological polar surface area (TPSA) is 160 Å². The number of amides is 1. The molecule has 1 aliphatic carbocycles. The first kappa shape index (κ1) is 24.2. The third-order valence-corrected chi connectivity index (χ3v) is 7.87. The summed E-state index contributed by atoms with van der Waals surface area (Å²) in [6.45, 7) is 3.91. The van der Waals surface area contributed by atoms with Gasteiger partial charge in [0, 0.05) is 24.0 Å². The minimum atomic E-state index is -1.55. The average Bonchev–Trinajstić information content (AvgIpc) is 2.85. The maximum atomic E-state index is 13.4. The second-order valence-corrected chi connectivity index (χ2v) is 9.73. The number of ether oxygens (including phenoxy) is 2. The lowest BCUT2D eigenvalue weighted by Gasteiger charge is -2.49. The van der Waals surface area contributed by atoms with Crippen LogP contribution in [0.4, 0.5) is 0 Å². The number of aliphatic hydroxyl groups excluding tert-OH is 4. The number of aromatic hydroxyl groups is 2. The summed E-state index contributed by atoms with van der Waals surface area (Å²) in [4.78, 5) is 15.2. The summed E-state index contributed by atoms with van der Waals surface area (Å²) in [5.41, 5.74) is 2.37. The molecule has 10 nitrogen and oxygen atoms in total. The van der Waals surface area contributed by atoms with E-state index in [0.29, 0.717) is 31.4 Å². The minimum absolute atomic E-state index is 0.0809. The lowest BCUT2D eigenvalue weighted by Crippen LogP contribution is -2.60. The molecule has 2 fully saturated rings. The predicted octanol–water partition coefficient (Wildman–Crippen LogP) is -0.139. The summed E-state index contributed by atoms with van der Waals surface area (Å²) in [5, 5.41) is 60.0. The molecule has 9 atom stereocenters. The third-order valence-electron chi connectivity index (χ3n) is 7.87. The van der Waals surface area contributed by atoms with Gasteiger partial charge in [-0.3, -0.25) is 4.79 Å². The molecule has 9 unspecified atom stereocenters. The van der Waals surface area contributed by atoms with Crippen LogP contribution in [0.2, 0.25) is 0 Å². The minimum Gasteiger partial charge on any atom is -0.504 e. The van der Waals surface area contributed by atoms with Gasteiger partial charge < -0.3 is 45.0 Å². The van der Waals surface area contributed by atoms with Gasteiger partial charge in [-0.1, -0.05) is 12.2 Å². The lowest BCUT2D eigenvalue weighted by atomic mass is 9.69. The van der Waals surface area contributed by atoms with Gasteiger partial charge in [-0.25, -0.2) is 0 Å². The van der Waals surface area contributed by atoms with Crippen molar-refractivity contribution in [1.82, 2.24) is 4.90 Å². The van der Waals surface area contributed by atoms with Gasteiger partial charge in [-0.15, -0.1) is 6.58 Å². The average molecular weight is 490 g/mol. The molecule has 6 N–H and O–H groups in total. The second-order valence-electron chi connectivity index (χ2n) is 9.73. The maximum Gasteiger partial charge on any atom is 0.250 e. The lowest BCUT2D eigenvalue weighted by molar-refractivity contribution is -0.314. The quantitative estimate of drug-likeness (QED) is 0.250. The summed E-state index contributed by atoms with van der Waals surface area (Å²) in [6.07, 6.45) is -2.39. The number of aliphatic hydroxyl groups is 4. The van der Waals surface area contributed by atoms with Crippen molar-refractivity contribution in [3.8, 4) is 11.5 Å². The SMILES string of the molecule is C=CC1C(OC2OC(CO)C(O)C(O)C2O)CC=C2C(=O)N3CCc4cc(O)c(O)cc4C3CC21. The van der Waals surface area contributed by atoms with E-state index in [1.165, 1.54) is 6.07 Å². The van der Waals surface area contributed by atoms with E-state index in [1.807, 2.05) is 6.08 Å². The molecule has 0 saturated carbocycles. The summed E-state index contributed by atoms with van der Waals surface area (Å²) >= 11 is 0. The van der Waals surface area contributed by atoms with Crippen LogP contribution in [0.1, 0.15) is 30.0 Å². The Kier molecular flexibility index (Phi) is 6.37. The number of carbonyl (C=O) groups excluding carboxylic acids is 1. The molecule has 10 heteroatoms. The largest absolute Gasteiger partial charge is 0.504 e. The number of fused-ring (bicyclic) bond motifs is 4. The van der Waals surface area contributed by atoms with Crippen molar-refractivity contribution < 1.29 is 44.9 Å². The molecular weight excluding hydrogens is 458 g/mol. The fourth-order valence-electron chi connectivity index (χ4n) is 5.99. The third kappa shape index (κ3) is 3.94. The van der Waals surface area contributed by atoms with E-state index >= 15 is 0 Å². The smallest absolute Gasteiger partial charge is 0.250 e. The van der Waals surface area contributed by atoms with Crippen molar-refractivity contribution in [2.75, 3.05) is 13.2 Å². The molecule has 0 radical (unpaired) electrons. The van der Waals surface area contributed by atoms with Crippen LogP contribution in [-0.4, -0.2) is 91.4 Å². The monoisotopic (exact) mass is 489 g/mol. The highest BCUT2D eigenvalue weighted by Crippen LogP contribution is 2.49. The van der Waals surface area contributed by atoms with Crippen LogP contribution in [0.3, 0.4) is 0 Å². The zero-order chi connectivity index (χ0) is 25.0. The van der Waals surface area contributed by atoms with Gasteiger partial charge in [0.05, 0.1) is 18.8 Å². The van der Waals surface area contributed by atoms with Crippen molar-refractivity contribution >= 4 is 5.91 Å². The summed E-state index contributed by atoms with van der Waals surface area (Å²) < 4.78 is 11.6. The van der Waals surface area contributed by atoms with Crippen LogP contribution < -0.4 is 0 Å².